The normalized spacial score (nSPS) is 17.8. The summed E-state index contributed by atoms with van der Waals surface area (Å²) in [5, 5.41) is 3.10. The lowest BCUT2D eigenvalue weighted by molar-refractivity contribution is -0.697. The van der Waals surface area contributed by atoms with E-state index in [1.807, 2.05) is 79.2 Å². The molecule has 1 aromatic heterocycles. The van der Waals surface area contributed by atoms with E-state index < -0.39 is 5.54 Å². The number of hydrogen-bond acceptors (Lipinski definition) is 3. The highest BCUT2D eigenvalue weighted by atomic mass is 16.5. The molecule has 1 aliphatic rings. The van der Waals surface area contributed by atoms with Crippen molar-refractivity contribution < 1.29 is 18.9 Å². The number of carbonyl (C=O) groups is 2. The third kappa shape index (κ3) is 3.44. The van der Waals surface area contributed by atoms with E-state index in [9.17, 15) is 9.59 Å². The minimum Gasteiger partial charge on any atom is -0.497 e. The first-order chi connectivity index (χ1) is 14.9. The molecule has 2 heterocycles. The SMILES string of the molecule is COc1cccc(N2C(=O)C[n+]3ccccc3[C@]2(C)C(=O)Nc2c(C)cccc2C)c1. The number of carbonyl (C=O) groups excluding carboxylic acids is 2. The van der Waals surface area contributed by atoms with Gasteiger partial charge in [0.2, 0.25) is 17.8 Å². The van der Waals surface area contributed by atoms with Gasteiger partial charge in [-0.3, -0.25) is 14.5 Å². The lowest BCUT2D eigenvalue weighted by Gasteiger charge is -2.40. The number of benzene rings is 2. The van der Waals surface area contributed by atoms with Gasteiger partial charge < -0.3 is 10.1 Å². The number of nitrogens with zero attached hydrogens (tertiary/aromatic N) is 2. The molecule has 0 aliphatic carbocycles. The zero-order valence-corrected chi connectivity index (χ0v) is 18.2. The summed E-state index contributed by atoms with van der Waals surface area (Å²) in [6.07, 6.45) is 1.83. The van der Waals surface area contributed by atoms with Crippen LogP contribution in [-0.2, 0) is 21.7 Å². The Bertz CT molecular complexity index is 1150. The maximum Gasteiger partial charge on any atom is 0.294 e. The van der Waals surface area contributed by atoms with Crippen LogP contribution in [0.25, 0.3) is 0 Å². The van der Waals surface area contributed by atoms with E-state index in [0.29, 0.717) is 11.4 Å². The second-order valence-electron chi connectivity index (χ2n) is 7.94. The van der Waals surface area contributed by atoms with Crippen molar-refractivity contribution in [1.82, 2.24) is 0 Å². The van der Waals surface area contributed by atoms with E-state index in [0.717, 1.165) is 22.5 Å². The minimum atomic E-state index is -1.27. The predicted octanol–water partition coefficient (Wildman–Crippen LogP) is 3.50. The molecule has 158 valence electrons. The molecule has 3 aromatic rings. The number of anilines is 2. The van der Waals surface area contributed by atoms with Gasteiger partial charge in [-0.05, 0) is 44.0 Å². The topological polar surface area (TPSA) is 62.5 Å². The number of rotatable bonds is 4. The molecular weight excluding hydrogens is 390 g/mol. The van der Waals surface area contributed by atoms with E-state index in [4.69, 9.17) is 4.74 Å². The van der Waals surface area contributed by atoms with Crippen LogP contribution in [-0.4, -0.2) is 18.9 Å². The molecule has 0 radical (unpaired) electrons. The number of hydrogen-bond donors (Lipinski definition) is 1. The molecule has 1 aliphatic heterocycles. The quantitative estimate of drug-likeness (QED) is 0.662. The van der Waals surface area contributed by atoms with Gasteiger partial charge in [0.15, 0.2) is 6.20 Å². The van der Waals surface area contributed by atoms with E-state index in [-0.39, 0.29) is 18.4 Å². The average molecular weight is 417 g/mol. The minimum absolute atomic E-state index is 0.152. The van der Waals surface area contributed by atoms with Crippen LogP contribution >= 0.6 is 0 Å². The Kier molecular flexibility index (Phi) is 5.23. The van der Waals surface area contributed by atoms with E-state index in [2.05, 4.69) is 5.32 Å². The smallest absolute Gasteiger partial charge is 0.294 e. The number of aromatic nitrogens is 1. The van der Waals surface area contributed by atoms with Crippen molar-refractivity contribution in [3.63, 3.8) is 0 Å². The molecule has 0 bridgehead atoms. The summed E-state index contributed by atoms with van der Waals surface area (Å²) < 4.78 is 7.20. The summed E-state index contributed by atoms with van der Waals surface area (Å²) in [4.78, 5) is 28.8. The standard InChI is InChI=1S/C25H25N3O3/c1-17-9-7-10-18(2)23(17)26-24(30)25(3)21-13-5-6-14-27(21)16-22(29)28(25)19-11-8-12-20(15-19)31-4/h5-15H,16H2,1-4H3/p+1/t25-/m1/s1. The number of nitrogens with one attached hydrogen (secondary N) is 1. The second kappa shape index (κ2) is 7.87. The Labute approximate surface area is 182 Å². The Balaban J connectivity index is 1.88. The number of methoxy groups -OCH3 is 1. The molecule has 0 fully saturated rings. The fourth-order valence-electron chi connectivity index (χ4n) is 4.25. The Morgan fingerprint density at radius 1 is 1.06 bits per heavy atom. The summed E-state index contributed by atoms with van der Waals surface area (Å²) in [6.45, 7) is 5.86. The van der Waals surface area contributed by atoms with Crippen molar-refractivity contribution >= 4 is 23.2 Å². The molecule has 1 N–H and O–H groups in total. The number of fused-ring (bicyclic) bond motifs is 1. The van der Waals surface area contributed by atoms with E-state index >= 15 is 0 Å². The molecule has 31 heavy (non-hydrogen) atoms. The summed E-state index contributed by atoms with van der Waals surface area (Å²) in [5.74, 6) is 0.172. The van der Waals surface area contributed by atoms with Gasteiger partial charge >= 0.3 is 0 Å². The molecule has 0 unspecified atom stereocenters. The van der Waals surface area contributed by atoms with Crippen molar-refractivity contribution in [3.05, 3.63) is 83.7 Å². The summed E-state index contributed by atoms with van der Waals surface area (Å²) in [7, 11) is 1.58. The second-order valence-corrected chi connectivity index (χ2v) is 7.94. The molecule has 2 amide bonds. The molecular formula is C25H26N3O3+. The highest BCUT2D eigenvalue weighted by Gasteiger charge is 2.54. The highest BCUT2D eigenvalue weighted by Crippen LogP contribution is 2.37. The van der Waals surface area contributed by atoms with Gasteiger partial charge in [-0.15, -0.1) is 0 Å². The first kappa shape index (κ1) is 20.6. The zero-order valence-electron chi connectivity index (χ0n) is 18.2. The van der Waals surface area contributed by atoms with Gasteiger partial charge in [0.1, 0.15) is 5.75 Å². The first-order valence-electron chi connectivity index (χ1n) is 10.2. The predicted molar refractivity (Wildman–Crippen MR) is 119 cm³/mol. The molecule has 1 atom stereocenters. The number of pyridine rings is 1. The van der Waals surface area contributed by atoms with Gasteiger partial charge in [-0.2, -0.15) is 4.57 Å². The molecule has 6 heteroatoms. The van der Waals surface area contributed by atoms with Gasteiger partial charge in [0, 0.05) is 29.6 Å². The molecule has 2 aromatic carbocycles. The monoisotopic (exact) mass is 416 g/mol. The summed E-state index contributed by atoms with van der Waals surface area (Å²) in [6, 6.07) is 18.7. The van der Waals surface area contributed by atoms with Gasteiger partial charge in [-0.25, -0.2) is 0 Å². The number of para-hydroxylation sites is 1. The van der Waals surface area contributed by atoms with Crippen LogP contribution in [0.2, 0.25) is 0 Å². The van der Waals surface area contributed by atoms with Gasteiger partial charge in [0.05, 0.1) is 7.11 Å². The van der Waals surface area contributed by atoms with Crippen molar-refractivity contribution in [2.24, 2.45) is 0 Å². The molecule has 6 nitrogen and oxygen atoms in total. The van der Waals surface area contributed by atoms with Crippen LogP contribution in [0.15, 0.2) is 66.9 Å². The largest absolute Gasteiger partial charge is 0.497 e. The average Bonchev–Trinajstić information content (AvgIpc) is 2.76. The van der Waals surface area contributed by atoms with Crippen LogP contribution in [0.4, 0.5) is 11.4 Å². The van der Waals surface area contributed by atoms with Crippen LogP contribution in [0.1, 0.15) is 23.7 Å². The van der Waals surface area contributed by atoms with E-state index in [1.54, 1.807) is 25.0 Å². The lowest BCUT2D eigenvalue weighted by atomic mass is 9.89. The number of ether oxygens (including phenoxy) is 1. The van der Waals surface area contributed by atoms with Crippen molar-refractivity contribution in [2.45, 2.75) is 32.9 Å². The van der Waals surface area contributed by atoms with Gasteiger partial charge in [0.25, 0.3) is 11.8 Å². The van der Waals surface area contributed by atoms with Crippen molar-refractivity contribution in [2.75, 3.05) is 17.3 Å². The summed E-state index contributed by atoms with van der Waals surface area (Å²) in [5.41, 5.74) is 2.78. The fraction of sp³-hybridized carbons (Fsp3) is 0.240. The molecule has 0 spiro atoms. The Morgan fingerprint density at radius 3 is 2.48 bits per heavy atom. The fourth-order valence-corrected chi connectivity index (χ4v) is 4.25. The first-order valence-corrected chi connectivity index (χ1v) is 10.2. The van der Waals surface area contributed by atoms with Crippen LogP contribution in [0.5, 0.6) is 5.75 Å². The zero-order chi connectivity index (χ0) is 22.2. The molecule has 0 saturated carbocycles. The Hall–Kier alpha value is -3.67. The third-order valence-electron chi connectivity index (χ3n) is 5.91. The lowest BCUT2D eigenvalue weighted by Crippen LogP contribution is -2.67. The van der Waals surface area contributed by atoms with Crippen molar-refractivity contribution in [1.29, 1.82) is 0 Å². The number of amides is 2. The highest BCUT2D eigenvalue weighted by molar-refractivity contribution is 6.08. The Morgan fingerprint density at radius 2 is 1.77 bits per heavy atom. The molecule has 4 rings (SSSR count). The maximum atomic E-state index is 13.9. The number of aryl methyl sites for hydroxylation is 2. The van der Waals surface area contributed by atoms with Crippen LogP contribution < -0.4 is 19.5 Å². The molecule has 0 saturated heterocycles. The third-order valence-corrected chi connectivity index (χ3v) is 5.91. The van der Waals surface area contributed by atoms with Crippen LogP contribution in [0.3, 0.4) is 0 Å². The van der Waals surface area contributed by atoms with E-state index in [1.165, 1.54) is 0 Å². The van der Waals surface area contributed by atoms with Crippen LogP contribution in [0, 0.1) is 13.8 Å². The summed E-state index contributed by atoms with van der Waals surface area (Å²) >= 11 is 0. The maximum absolute atomic E-state index is 13.9. The van der Waals surface area contributed by atoms with Gasteiger partial charge in [-0.1, -0.05) is 30.3 Å². The van der Waals surface area contributed by atoms with Crippen molar-refractivity contribution in [3.8, 4) is 5.75 Å².